The molecule has 1 nitrogen and oxygen atoms in total. The van der Waals surface area contributed by atoms with Crippen molar-refractivity contribution in [3.8, 4) is 0 Å². The van der Waals surface area contributed by atoms with Crippen LogP contribution in [0.1, 0.15) is 23.7 Å². The van der Waals surface area contributed by atoms with Gasteiger partial charge in [-0.25, -0.2) is 4.39 Å². The second-order valence-corrected chi connectivity index (χ2v) is 3.78. The molecule has 4 heteroatoms. The zero-order valence-corrected chi connectivity index (χ0v) is 9.25. The van der Waals surface area contributed by atoms with E-state index in [1.54, 1.807) is 6.92 Å². The number of hydrogen-bond donors (Lipinski definition) is 0. The molecule has 0 fully saturated rings. The molecule has 0 aliphatic heterocycles. The zero-order chi connectivity index (χ0) is 10.0. The highest BCUT2D eigenvalue weighted by molar-refractivity contribution is 9.10. The molecule has 0 N–H and O–H groups in total. The van der Waals surface area contributed by atoms with Gasteiger partial charge in [-0.3, -0.25) is 4.79 Å². The molecule has 1 aromatic carbocycles. The molecule has 0 atom stereocenters. The fourth-order valence-electron chi connectivity index (χ4n) is 0.927. The van der Waals surface area contributed by atoms with Crippen LogP contribution in [0.25, 0.3) is 0 Å². The highest BCUT2D eigenvalue weighted by Crippen LogP contribution is 2.26. The standard InChI is InChI=1S/C9H7BrClFO/c1-2-9(13)5-3-7(11)6(10)4-8(5)12/h3-4H,2H2,1H3. The van der Waals surface area contributed by atoms with E-state index < -0.39 is 5.82 Å². The summed E-state index contributed by atoms with van der Waals surface area (Å²) in [6.07, 6.45) is 0.273. The molecule has 0 aliphatic carbocycles. The number of Topliss-reactive ketones (excluding diaryl/α,β-unsaturated/α-hetero) is 1. The fraction of sp³-hybridized carbons (Fsp3) is 0.222. The third-order valence-electron chi connectivity index (χ3n) is 1.63. The van der Waals surface area contributed by atoms with Gasteiger partial charge >= 0.3 is 0 Å². The van der Waals surface area contributed by atoms with E-state index in [9.17, 15) is 9.18 Å². The second kappa shape index (κ2) is 4.20. The molecular formula is C9H7BrClFO. The third-order valence-corrected chi connectivity index (χ3v) is 2.83. The van der Waals surface area contributed by atoms with E-state index in [2.05, 4.69) is 15.9 Å². The molecule has 0 amide bonds. The monoisotopic (exact) mass is 264 g/mol. The Balaban J connectivity index is 3.23. The minimum Gasteiger partial charge on any atom is -0.294 e. The maximum absolute atomic E-state index is 13.2. The summed E-state index contributed by atoms with van der Waals surface area (Å²) in [5.41, 5.74) is 0.0516. The average Bonchev–Trinajstić information content (AvgIpc) is 2.10. The van der Waals surface area contributed by atoms with Gasteiger partial charge in [0, 0.05) is 10.9 Å². The van der Waals surface area contributed by atoms with Crippen LogP contribution >= 0.6 is 27.5 Å². The first-order chi connectivity index (χ1) is 6.06. The summed E-state index contributed by atoms with van der Waals surface area (Å²) in [5, 5.41) is 0.346. The SMILES string of the molecule is CCC(=O)c1cc(Cl)c(Br)cc1F. The highest BCUT2D eigenvalue weighted by atomic mass is 79.9. The molecule has 0 aliphatic rings. The van der Waals surface area contributed by atoms with Gasteiger partial charge in [0.25, 0.3) is 0 Å². The van der Waals surface area contributed by atoms with Gasteiger partial charge in [-0.2, -0.15) is 0 Å². The maximum Gasteiger partial charge on any atom is 0.165 e. The lowest BCUT2D eigenvalue weighted by atomic mass is 10.1. The van der Waals surface area contributed by atoms with Crippen molar-refractivity contribution in [3.05, 3.63) is 33.0 Å². The van der Waals surface area contributed by atoms with Crippen molar-refractivity contribution in [1.29, 1.82) is 0 Å². The van der Waals surface area contributed by atoms with E-state index in [1.807, 2.05) is 0 Å². The van der Waals surface area contributed by atoms with Crippen LogP contribution in [0.15, 0.2) is 16.6 Å². The van der Waals surface area contributed by atoms with E-state index >= 15 is 0 Å². The topological polar surface area (TPSA) is 17.1 Å². The van der Waals surface area contributed by atoms with Gasteiger partial charge < -0.3 is 0 Å². The molecular weight excluding hydrogens is 258 g/mol. The van der Waals surface area contributed by atoms with Crippen molar-refractivity contribution < 1.29 is 9.18 Å². The maximum atomic E-state index is 13.2. The van der Waals surface area contributed by atoms with Gasteiger partial charge in [0.2, 0.25) is 0 Å². The van der Waals surface area contributed by atoms with Crippen molar-refractivity contribution >= 4 is 33.3 Å². The number of halogens is 3. The van der Waals surface area contributed by atoms with Gasteiger partial charge in [-0.05, 0) is 28.1 Å². The normalized spacial score (nSPS) is 10.2. The van der Waals surface area contributed by atoms with Crippen LogP contribution in [0.2, 0.25) is 5.02 Å². The predicted molar refractivity (Wildman–Crippen MR) is 53.7 cm³/mol. The van der Waals surface area contributed by atoms with Crippen molar-refractivity contribution in [2.24, 2.45) is 0 Å². The Kier molecular flexibility index (Phi) is 3.45. The van der Waals surface area contributed by atoms with Crippen LogP contribution in [-0.2, 0) is 0 Å². The van der Waals surface area contributed by atoms with Crippen LogP contribution in [0.3, 0.4) is 0 Å². The van der Waals surface area contributed by atoms with Crippen molar-refractivity contribution in [2.45, 2.75) is 13.3 Å². The van der Waals surface area contributed by atoms with Gasteiger partial charge in [-0.1, -0.05) is 18.5 Å². The number of hydrogen-bond acceptors (Lipinski definition) is 1. The number of carbonyl (C=O) groups excluding carboxylic acids is 1. The highest BCUT2D eigenvalue weighted by Gasteiger charge is 2.12. The number of rotatable bonds is 2. The van der Waals surface area contributed by atoms with E-state index in [-0.39, 0.29) is 17.8 Å². The van der Waals surface area contributed by atoms with Crippen LogP contribution < -0.4 is 0 Å². The first-order valence-electron chi connectivity index (χ1n) is 3.74. The Bertz CT molecular complexity index is 352. The summed E-state index contributed by atoms with van der Waals surface area (Å²) in [7, 11) is 0. The Labute approximate surface area is 89.0 Å². The predicted octanol–water partition coefficient (Wildman–Crippen LogP) is 3.83. The Hall–Kier alpha value is -0.410. The van der Waals surface area contributed by atoms with E-state index in [0.29, 0.717) is 9.50 Å². The van der Waals surface area contributed by atoms with Crippen molar-refractivity contribution in [3.63, 3.8) is 0 Å². The fourth-order valence-corrected chi connectivity index (χ4v) is 1.41. The van der Waals surface area contributed by atoms with Crippen LogP contribution in [-0.4, -0.2) is 5.78 Å². The number of ketones is 1. The first-order valence-corrected chi connectivity index (χ1v) is 4.91. The smallest absolute Gasteiger partial charge is 0.165 e. The average molecular weight is 266 g/mol. The summed E-state index contributed by atoms with van der Waals surface area (Å²) in [4.78, 5) is 11.2. The van der Waals surface area contributed by atoms with E-state index in [4.69, 9.17) is 11.6 Å². The second-order valence-electron chi connectivity index (χ2n) is 2.52. The lowest BCUT2D eigenvalue weighted by molar-refractivity contribution is 0.0984. The van der Waals surface area contributed by atoms with E-state index in [1.165, 1.54) is 12.1 Å². The van der Waals surface area contributed by atoms with Gasteiger partial charge in [0.05, 0.1) is 10.6 Å². The van der Waals surface area contributed by atoms with Crippen molar-refractivity contribution in [1.82, 2.24) is 0 Å². The Morgan fingerprint density at radius 2 is 2.23 bits per heavy atom. The summed E-state index contributed by atoms with van der Waals surface area (Å²) >= 11 is 8.79. The molecule has 0 heterocycles. The van der Waals surface area contributed by atoms with Crippen molar-refractivity contribution in [2.75, 3.05) is 0 Å². The Morgan fingerprint density at radius 3 is 2.77 bits per heavy atom. The molecule has 70 valence electrons. The van der Waals surface area contributed by atoms with Crippen LogP contribution in [0.5, 0.6) is 0 Å². The molecule has 0 saturated carbocycles. The summed E-state index contributed by atoms with van der Waals surface area (Å²) in [5.74, 6) is -0.782. The number of carbonyl (C=O) groups is 1. The van der Waals surface area contributed by atoms with E-state index in [0.717, 1.165) is 0 Å². The molecule has 1 aromatic rings. The summed E-state index contributed by atoms with van der Waals surface area (Å²) < 4.78 is 13.6. The molecule has 13 heavy (non-hydrogen) atoms. The lowest BCUT2D eigenvalue weighted by Gasteiger charge is -2.02. The molecule has 0 saturated heterocycles. The summed E-state index contributed by atoms with van der Waals surface area (Å²) in [6.45, 7) is 1.68. The zero-order valence-electron chi connectivity index (χ0n) is 6.90. The minimum atomic E-state index is -0.539. The lowest BCUT2D eigenvalue weighted by Crippen LogP contribution is -2.00. The molecule has 0 radical (unpaired) electrons. The largest absolute Gasteiger partial charge is 0.294 e. The van der Waals surface area contributed by atoms with Gasteiger partial charge in [-0.15, -0.1) is 0 Å². The molecule has 1 rings (SSSR count). The third kappa shape index (κ3) is 2.29. The Morgan fingerprint density at radius 1 is 1.62 bits per heavy atom. The minimum absolute atomic E-state index is 0.0516. The summed E-state index contributed by atoms with van der Waals surface area (Å²) in [6, 6.07) is 2.54. The van der Waals surface area contributed by atoms with Gasteiger partial charge in [0.1, 0.15) is 5.82 Å². The molecule has 0 bridgehead atoms. The number of benzene rings is 1. The molecule has 0 unspecified atom stereocenters. The van der Waals surface area contributed by atoms with Crippen LogP contribution in [0.4, 0.5) is 4.39 Å². The quantitative estimate of drug-likeness (QED) is 0.586. The first kappa shape index (κ1) is 10.7. The van der Waals surface area contributed by atoms with Gasteiger partial charge in [0.15, 0.2) is 5.78 Å². The van der Waals surface area contributed by atoms with Crippen LogP contribution in [0, 0.1) is 5.82 Å². The molecule has 0 spiro atoms. The molecule has 0 aromatic heterocycles.